The Morgan fingerprint density at radius 1 is 1.40 bits per heavy atom. The minimum absolute atomic E-state index is 0.0694. The molecule has 1 amide bonds. The first-order chi connectivity index (χ1) is 7.02. The van der Waals surface area contributed by atoms with Gasteiger partial charge in [0.1, 0.15) is 0 Å². The lowest BCUT2D eigenvalue weighted by Crippen LogP contribution is -2.39. The van der Waals surface area contributed by atoms with E-state index in [1.165, 1.54) is 0 Å². The van der Waals surface area contributed by atoms with Gasteiger partial charge in [0.25, 0.3) is 0 Å². The zero-order valence-corrected chi connectivity index (χ0v) is 11.1. The summed E-state index contributed by atoms with van der Waals surface area (Å²) >= 11 is 1.71. The van der Waals surface area contributed by atoms with Gasteiger partial charge in [-0.05, 0) is 24.1 Å². The number of amides is 1. The summed E-state index contributed by atoms with van der Waals surface area (Å²) in [7, 11) is 0. The van der Waals surface area contributed by atoms with E-state index in [-0.39, 0.29) is 11.2 Å². The standard InChI is InChI=1S/C11H24N2OS/c1-5-15-10(8(2)3)11(14)13-7-9(4)6-12/h8-10H,5-7,12H2,1-4H3,(H,13,14). The van der Waals surface area contributed by atoms with E-state index in [4.69, 9.17) is 5.73 Å². The second kappa shape index (κ2) is 7.99. The van der Waals surface area contributed by atoms with Crippen molar-refractivity contribution in [2.45, 2.75) is 32.9 Å². The van der Waals surface area contributed by atoms with E-state index in [1.807, 2.05) is 6.92 Å². The first-order valence-corrected chi connectivity index (χ1v) is 6.67. The highest BCUT2D eigenvalue weighted by molar-refractivity contribution is 8.00. The second-order valence-corrected chi connectivity index (χ2v) is 5.62. The van der Waals surface area contributed by atoms with Crippen LogP contribution in [0.1, 0.15) is 27.7 Å². The Morgan fingerprint density at radius 3 is 2.40 bits per heavy atom. The van der Waals surface area contributed by atoms with Crippen LogP contribution in [-0.2, 0) is 4.79 Å². The Balaban J connectivity index is 4.03. The van der Waals surface area contributed by atoms with Crippen LogP contribution in [0, 0.1) is 11.8 Å². The van der Waals surface area contributed by atoms with E-state index in [1.54, 1.807) is 11.8 Å². The average molecular weight is 232 g/mol. The first kappa shape index (κ1) is 14.8. The highest BCUT2D eigenvalue weighted by Gasteiger charge is 2.21. The van der Waals surface area contributed by atoms with Crippen molar-refractivity contribution in [3.8, 4) is 0 Å². The van der Waals surface area contributed by atoms with Crippen LogP contribution in [0.4, 0.5) is 0 Å². The van der Waals surface area contributed by atoms with Crippen LogP contribution in [0.15, 0.2) is 0 Å². The molecule has 3 nitrogen and oxygen atoms in total. The largest absolute Gasteiger partial charge is 0.355 e. The van der Waals surface area contributed by atoms with E-state index in [0.29, 0.717) is 24.9 Å². The molecule has 0 fully saturated rings. The maximum atomic E-state index is 11.8. The fourth-order valence-electron chi connectivity index (χ4n) is 1.21. The molecule has 15 heavy (non-hydrogen) atoms. The van der Waals surface area contributed by atoms with E-state index in [0.717, 1.165) is 5.75 Å². The summed E-state index contributed by atoms with van der Waals surface area (Å²) in [6, 6.07) is 0. The van der Waals surface area contributed by atoms with Crippen LogP contribution < -0.4 is 11.1 Å². The lowest BCUT2D eigenvalue weighted by Gasteiger charge is -2.20. The van der Waals surface area contributed by atoms with Gasteiger partial charge in [0.05, 0.1) is 5.25 Å². The summed E-state index contributed by atoms with van der Waals surface area (Å²) in [6.45, 7) is 9.59. The van der Waals surface area contributed by atoms with Gasteiger partial charge in [0.15, 0.2) is 0 Å². The molecule has 0 spiro atoms. The quantitative estimate of drug-likeness (QED) is 0.699. The summed E-state index contributed by atoms with van der Waals surface area (Å²) in [5.74, 6) is 1.86. The molecule has 3 N–H and O–H groups in total. The van der Waals surface area contributed by atoms with Crippen LogP contribution in [0.2, 0.25) is 0 Å². The van der Waals surface area contributed by atoms with Crippen molar-refractivity contribution in [3.05, 3.63) is 0 Å². The number of carbonyl (C=O) groups excluding carboxylic acids is 1. The minimum Gasteiger partial charge on any atom is -0.355 e. The third-order valence-corrected chi connectivity index (χ3v) is 3.69. The molecule has 0 heterocycles. The van der Waals surface area contributed by atoms with Gasteiger partial charge in [-0.2, -0.15) is 0 Å². The van der Waals surface area contributed by atoms with Gasteiger partial charge in [0.2, 0.25) is 5.91 Å². The molecule has 0 aliphatic rings. The van der Waals surface area contributed by atoms with Gasteiger partial charge < -0.3 is 11.1 Å². The van der Waals surface area contributed by atoms with E-state index < -0.39 is 0 Å². The van der Waals surface area contributed by atoms with Gasteiger partial charge in [0, 0.05) is 6.54 Å². The Kier molecular flexibility index (Phi) is 7.88. The molecular weight excluding hydrogens is 208 g/mol. The molecule has 2 atom stereocenters. The van der Waals surface area contributed by atoms with Crippen LogP contribution in [0.3, 0.4) is 0 Å². The molecule has 0 bridgehead atoms. The average Bonchev–Trinajstić information content (AvgIpc) is 2.21. The Hall–Kier alpha value is -0.220. The predicted octanol–water partition coefficient (Wildman–Crippen LogP) is 1.48. The van der Waals surface area contributed by atoms with Crippen molar-refractivity contribution < 1.29 is 4.79 Å². The molecule has 2 unspecified atom stereocenters. The SMILES string of the molecule is CCSC(C(=O)NCC(C)CN)C(C)C. The predicted molar refractivity (Wildman–Crippen MR) is 68.0 cm³/mol. The number of nitrogens with one attached hydrogen (secondary N) is 1. The first-order valence-electron chi connectivity index (χ1n) is 5.62. The highest BCUT2D eigenvalue weighted by Crippen LogP contribution is 2.19. The van der Waals surface area contributed by atoms with Crippen molar-refractivity contribution in [3.63, 3.8) is 0 Å². The number of hydrogen-bond acceptors (Lipinski definition) is 3. The molecular formula is C11H24N2OS. The molecule has 0 aromatic rings. The highest BCUT2D eigenvalue weighted by atomic mass is 32.2. The fourth-order valence-corrected chi connectivity index (χ4v) is 2.19. The van der Waals surface area contributed by atoms with Crippen molar-refractivity contribution in [1.82, 2.24) is 5.32 Å². The van der Waals surface area contributed by atoms with E-state index in [9.17, 15) is 4.79 Å². The van der Waals surface area contributed by atoms with Gasteiger partial charge in [-0.15, -0.1) is 11.8 Å². The van der Waals surface area contributed by atoms with Gasteiger partial charge in [-0.1, -0.05) is 27.7 Å². The summed E-state index contributed by atoms with van der Waals surface area (Å²) < 4.78 is 0. The molecule has 0 aromatic carbocycles. The van der Waals surface area contributed by atoms with Crippen LogP contribution >= 0.6 is 11.8 Å². The molecule has 4 heteroatoms. The lowest BCUT2D eigenvalue weighted by atomic mass is 10.1. The Labute approximate surface area is 97.6 Å². The topological polar surface area (TPSA) is 55.1 Å². The molecule has 90 valence electrons. The summed E-state index contributed by atoms with van der Waals surface area (Å²) in [5, 5.41) is 3.03. The van der Waals surface area contributed by atoms with E-state index >= 15 is 0 Å². The van der Waals surface area contributed by atoms with Gasteiger partial charge in [-0.3, -0.25) is 4.79 Å². The molecule has 0 aromatic heterocycles. The Morgan fingerprint density at radius 2 is 2.00 bits per heavy atom. The third-order valence-electron chi connectivity index (χ3n) is 2.24. The zero-order chi connectivity index (χ0) is 11.8. The number of thioether (sulfide) groups is 1. The fraction of sp³-hybridized carbons (Fsp3) is 0.909. The molecule has 0 rings (SSSR count). The molecule has 0 radical (unpaired) electrons. The van der Waals surface area contributed by atoms with Crippen molar-refractivity contribution >= 4 is 17.7 Å². The van der Waals surface area contributed by atoms with Crippen LogP contribution in [-0.4, -0.2) is 30.0 Å². The number of hydrogen-bond donors (Lipinski definition) is 2. The van der Waals surface area contributed by atoms with Crippen LogP contribution in [0.5, 0.6) is 0 Å². The van der Waals surface area contributed by atoms with Gasteiger partial charge >= 0.3 is 0 Å². The number of nitrogens with two attached hydrogens (primary N) is 1. The third kappa shape index (κ3) is 6.05. The summed E-state index contributed by atoms with van der Waals surface area (Å²) in [6.07, 6.45) is 0. The van der Waals surface area contributed by atoms with Crippen molar-refractivity contribution in [1.29, 1.82) is 0 Å². The minimum atomic E-state index is 0.0694. The normalized spacial score (nSPS) is 15.1. The second-order valence-electron chi connectivity index (χ2n) is 4.21. The summed E-state index contributed by atoms with van der Waals surface area (Å²) in [5.41, 5.74) is 5.50. The lowest BCUT2D eigenvalue weighted by molar-refractivity contribution is -0.121. The zero-order valence-electron chi connectivity index (χ0n) is 10.2. The van der Waals surface area contributed by atoms with E-state index in [2.05, 4.69) is 26.1 Å². The molecule has 0 aliphatic carbocycles. The number of carbonyl (C=O) groups is 1. The van der Waals surface area contributed by atoms with Crippen molar-refractivity contribution in [2.24, 2.45) is 17.6 Å². The summed E-state index contributed by atoms with van der Waals surface area (Å²) in [4.78, 5) is 11.8. The monoisotopic (exact) mass is 232 g/mol. The molecule has 0 aliphatic heterocycles. The molecule has 0 saturated carbocycles. The molecule has 0 saturated heterocycles. The number of rotatable bonds is 7. The maximum Gasteiger partial charge on any atom is 0.233 e. The van der Waals surface area contributed by atoms with Crippen LogP contribution in [0.25, 0.3) is 0 Å². The van der Waals surface area contributed by atoms with Gasteiger partial charge in [-0.25, -0.2) is 0 Å². The maximum absolute atomic E-state index is 11.8. The Bertz CT molecular complexity index is 185. The smallest absolute Gasteiger partial charge is 0.233 e. The van der Waals surface area contributed by atoms with Crippen molar-refractivity contribution in [2.75, 3.05) is 18.8 Å².